The van der Waals surface area contributed by atoms with Crippen LogP contribution in [-0.4, -0.2) is 25.8 Å². The van der Waals surface area contributed by atoms with Crippen LogP contribution in [-0.2, 0) is 11.2 Å². The largest absolute Gasteiger partial charge is 0.486 e. The van der Waals surface area contributed by atoms with Gasteiger partial charge in [0.25, 0.3) is 0 Å². The molecular formula is C11H11NO3. The molecule has 1 heterocycles. The van der Waals surface area contributed by atoms with Crippen LogP contribution in [0, 0.1) is 0 Å². The molecule has 78 valence electrons. The maximum Gasteiger partial charge on any atom is 0.234 e. The van der Waals surface area contributed by atoms with Crippen LogP contribution in [0.2, 0.25) is 0 Å². The smallest absolute Gasteiger partial charge is 0.234 e. The predicted octanol–water partition coefficient (Wildman–Crippen LogP) is 1.34. The number of hydrogen-bond acceptors (Lipinski definition) is 4. The molecule has 1 aliphatic rings. The highest BCUT2D eigenvalue weighted by molar-refractivity contribution is 5.44. The van der Waals surface area contributed by atoms with E-state index < -0.39 is 0 Å². The maximum atomic E-state index is 9.89. The van der Waals surface area contributed by atoms with E-state index in [4.69, 9.17) is 9.47 Å². The number of hydrogen-bond donors (Lipinski definition) is 0. The first-order valence-electron chi connectivity index (χ1n) is 4.82. The van der Waals surface area contributed by atoms with Crippen LogP contribution in [0.15, 0.2) is 23.2 Å². The van der Waals surface area contributed by atoms with E-state index in [1.807, 2.05) is 18.2 Å². The van der Waals surface area contributed by atoms with Gasteiger partial charge in [0.15, 0.2) is 11.5 Å². The highest BCUT2D eigenvalue weighted by Gasteiger charge is 2.11. The fraction of sp³-hybridized carbons (Fsp3) is 0.364. The van der Waals surface area contributed by atoms with Crippen molar-refractivity contribution >= 4 is 6.08 Å². The minimum absolute atomic E-state index is 0.461. The molecule has 1 aromatic rings. The molecular weight excluding hydrogens is 194 g/mol. The minimum Gasteiger partial charge on any atom is -0.486 e. The van der Waals surface area contributed by atoms with Crippen molar-refractivity contribution in [3.63, 3.8) is 0 Å². The molecule has 0 amide bonds. The number of carbonyl (C=O) groups excluding carboxylic acids is 1. The summed E-state index contributed by atoms with van der Waals surface area (Å²) in [6.07, 6.45) is 2.23. The van der Waals surface area contributed by atoms with Gasteiger partial charge in [0.1, 0.15) is 13.2 Å². The maximum absolute atomic E-state index is 9.89. The SMILES string of the molecule is O=C=NCCc1ccc2c(c1)OCCO2. The zero-order valence-electron chi connectivity index (χ0n) is 8.23. The van der Waals surface area contributed by atoms with Gasteiger partial charge in [0, 0.05) is 0 Å². The number of rotatable bonds is 3. The van der Waals surface area contributed by atoms with E-state index in [1.165, 1.54) is 6.08 Å². The number of ether oxygens (including phenoxy) is 2. The van der Waals surface area contributed by atoms with Crippen LogP contribution >= 0.6 is 0 Å². The Morgan fingerprint density at radius 1 is 1.27 bits per heavy atom. The Kier molecular flexibility index (Phi) is 3.00. The molecule has 0 aliphatic carbocycles. The van der Waals surface area contributed by atoms with Crippen molar-refractivity contribution in [3.8, 4) is 11.5 Å². The Labute approximate surface area is 87.5 Å². The van der Waals surface area contributed by atoms with E-state index in [1.54, 1.807) is 0 Å². The summed E-state index contributed by atoms with van der Waals surface area (Å²) in [7, 11) is 0. The summed E-state index contributed by atoms with van der Waals surface area (Å²) in [5.74, 6) is 1.55. The number of nitrogens with zero attached hydrogens (tertiary/aromatic N) is 1. The zero-order chi connectivity index (χ0) is 10.5. The summed E-state index contributed by atoms with van der Waals surface area (Å²) < 4.78 is 10.8. The molecule has 1 aromatic carbocycles. The first-order chi connectivity index (χ1) is 7.40. The van der Waals surface area contributed by atoms with Crippen LogP contribution < -0.4 is 9.47 Å². The monoisotopic (exact) mass is 205 g/mol. The molecule has 0 N–H and O–H groups in total. The lowest BCUT2D eigenvalue weighted by atomic mass is 10.1. The second-order valence-corrected chi connectivity index (χ2v) is 3.20. The molecule has 0 unspecified atom stereocenters. The van der Waals surface area contributed by atoms with E-state index in [2.05, 4.69) is 4.99 Å². The van der Waals surface area contributed by atoms with Gasteiger partial charge in [-0.3, -0.25) is 0 Å². The molecule has 15 heavy (non-hydrogen) atoms. The molecule has 0 aromatic heterocycles. The molecule has 4 heteroatoms. The van der Waals surface area contributed by atoms with Gasteiger partial charge in [0.2, 0.25) is 6.08 Å². The number of benzene rings is 1. The van der Waals surface area contributed by atoms with Crippen LogP contribution in [0.5, 0.6) is 11.5 Å². The number of fused-ring (bicyclic) bond motifs is 1. The van der Waals surface area contributed by atoms with Crippen LogP contribution in [0.3, 0.4) is 0 Å². The van der Waals surface area contributed by atoms with Crippen molar-refractivity contribution in [2.45, 2.75) is 6.42 Å². The topological polar surface area (TPSA) is 47.9 Å². The van der Waals surface area contributed by atoms with Gasteiger partial charge >= 0.3 is 0 Å². The molecule has 1 aliphatic heterocycles. The molecule has 0 atom stereocenters. The van der Waals surface area contributed by atoms with Crippen LogP contribution in [0.1, 0.15) is 5.56 Å². The van der Waals surface area contributed by atoms with Gasteiger partial charge in [-0.05, 0) is 24.1 Å². The van der Waals surface area contributed by atoms with Gasteiger partial charge in [-0.25, -0.2) is 9.79 Å². The second-order valence-electron chi connectivity index (χ2n) is 3.20. The third-order valence-corrected chi connectivity index (χ3v) is 2.18. The normalized spacial score (nSPS) is 13.1. The molecule has 2 rings (SSSR count). The lowest BCUT2D eigenvalue weighted by molar-refractivity contribution is 0.171. The standard InChI is InChI=1S/C11H11NO3/c13-8-12-4-3-9-1-2-10-11(7-9)15-6-5-14-10/h1-2,7H,3-6H2. The quantitative estimate of drug-likeness (QED) is 0.552. The van der Waals surface area contributed by atoms with E-state index in [0.717, 1.165) is 17.1 Å². The first kappa shape index (κ1) is 9.74. The third kappa shape index (κ3) is 2.36. The summed E-state index contributed by atoms with van der Waals surface area (Å²) in [6, 6.07) is 5.76. The van der Waals surface area contributed by atoms with Gasteiger partial charge in [0.05, 0.1) is 6.54 Å². The molecule has 0 saturated heterocycles. The molecule has 0 fully saturated rings. The Morgan fingerprint density at radius 3 is 2.87 bits per heavy atom. The highest BCUT2D eigenvalue weighted by Crippen LogP contribution is 2.30. The molecule has 0 saturated carbocycles. The van der Waals surface area contributed by atoms with Gasteiger partial charge in [-0.15, -0.1) is 0 Å². The van der Waals surface area contributed by atoms with Gasteiger partial charge in [-0.1, -0.05) is 6.07 Å². The number of isocyanates is 1. The van der Waals surface area contributed by atoms with E-state index >= 15 is 0 Å². The van der Waals surface area contributed by atoms with Crippen molar-refractivity contribution in [1.82, 2.24) is 0 Å². The minimum atomic E-state index is 0.461. The molecule has 0 radical (unpaired) electrons. The second kappa shape index (κ2) is 4.62. The Morgan fingerprint density at radius 2 is 2.07 bits per heavy atom. The average molecular weight is 205 g/mol. The fourth-order valence-electron chi connectivity index (χ4n) is 1.47. The summed E-state index contributed by atoms with van der Waals surface area (Å²) in [5.41, 5.74) is 1.08. The van der Waals surface area contributed by atoms with E-state index in [-0.39, 0.29) is 0 Å². The van der Waals surface area contributed by atoms with Crippen LogP contribution in [0.25, 0.3) is 0 Å². The van der Waals surface area contributed by atoms with Crippen molar-refractivity contribution in [2.24, 2.45) is 4.99 Å². The summed E-state index contributed by atoms with van der Waals surface area (Å²) >= 11 is 0. The van der Waals surface area contributed by atoms with Crippen molar-refractivity contribution in [2.75, 3.05) is 19.8 Å². The predicted molar refractivity (Wildman–Crippen MR) is 54.1 cm³/mol. The van der Waals surface area contributed by atoms with E-state index in [0.29, 0.717) is 26.2 Å². The Hall–Kier alpha value is -1.80. The van der Waals surface area contributed by atoms with E-state index in [9.17, 15) is 4.79 Å². The molecule has 0 spiro atoms. The Balaban J connectivity index is 2.09. The summed E-state index contributed by atoms with van der Waals surface area (Å²) in [4.78, 5) is 13.4. The summed E-state index contributed by atoms with van der Waals surface area (Å²) in [6.45, 7) is 1.65. The molecule has 0 bridgehead atoms. The lowest BCUT2D eigenvalue weighted by Gasteiger charge is -2.18. The number of aliphatic imine (C=N–C) groups is 1. The fourth-order valence-corrected chi connectivity index (χ4v) is 1.47. The van der Waals surface area contributed by atoms with Gasteiger partial charge in [-0.2, -0.15) is 0 Å². The third-order valence-electron chi connectivity index (χ3n) is 2.18. The first-order valence-corrected chi connectivity index (χ1v) is 4.82. The lowest BCUT2D eigenvalue weighted by Crippen LogP contribution is -2.15. The molecule has 4 nitrogen and oxygen atoms in total. The van der Waals surface area contributed by atoms with Gasteiger partial charge < -0.3 is 9.47 Å². The van der Waals surface area contributed by atoms with Crippen molar-refractivity contribution in [1.29, 1.82) is 0 Å². The highest BCUT2D eigenvalue weighted by atomic mass is 16.6. The average Bonchev–Trinajstić information content (AvgIpc) is 2.29. The Bertz CT molecular complexity index is 397. The zero-order valence-corrected chi connectivity index (χ0v) is 8.23. The van der Waals surface area contributed by atoms with Crippen molar-refractivity contribution in [3.05, 3.63) is 23.8 Å². The van der Waals surface area contributed by atoms with Crippen LogP contribution in [0.4, 0.5) is 0 Å². The van der Waals surface area contributed by atoms with Crippen molar-refractivity contribution < 1.29 is 14.3 Å². The summed E-state index contributed by atoms with van der Waals surface area (Å²) in [5, 5.41) is 0.